The molecule has 190 valence electrons. The number of alkyl carbamates (subject to hydrolysis) is 1. The van der Waals surface area contributed by atoms with Gasteiger partial charge in [0.25, 0.3) is 0 Å². The molecule has 0 saturated heterocycles. The zero-order valence-electron chi connectivity index (χ0n) is 19.1. The second-order valence-electron chi connectivity index (χ2n) is 7.61. The number of benzene rings is 1. The van der Waals surface area contributed by atoms with Crippen LogP contribution in [0.15, 0.2) is 30.3 Å². The Balaban J connectivity index is 0. The van der Waals surface area contributed by atoms with Crippen LogP contribution >= 0.6 is 0 Å². The molecule has 1 N–H and O–H groups in total. The summed E-state index contributed by atoms with van der Waals surface area (Å²) >= 11 is 0. The number of carbonyl (C=O) groups excluding carboxylic acids is 1. The number of carbonyl (C=O) groups is 1. The molecule has 0 saturated carbocycles. The molecule has 33 heavy (non-hydrogen) atoms. The number of halogens is 5. The van der Waals surface area contributed by atoms with E-state index in [1.165, 1.54) is 0 Å². The number of hydrogen-bond acceptors (Lipinski definition) is 3. The Labute approximate surface area is 194 Å². The number of nitrogens with one attached hydrogen (secondary N) is 1. The zero-order chi connectivity index (χ0) is 24.8. The summed E-state index contributed by atoms with van der Waals surface area (Å²) < 4.78 is 75.5. The van der Waals surface area contributed by atoms with E-state index in [0.29, 0.717) is 0 Å². The molecule has 0 aliphatic carbocycles. The smallest absolute Gasteiger partial charge is 0.408 e. The third-order valence-electron chi connectivity index (χ3n) is 3.51. The van der Waals surface area contributed by atoms with E-state index in [0.717, 1.165) is 5.56 Å². The average molecular weight is 482 g/mol. The van der Waals surface area contributed by atoms with E-state index in [4.69, 9.17) is 9.47 Å². The largest absolute Gasteiger partial charge is 0.444 e. The molecule has 1 atom stereocenters. The molecule has 1 amide bonds. The van der Waals surface area contributed by atoms with Crippen molar-refractivity contribution in [3.8, 4) is 11.8 Å². The van der Waals surface area contributed by atoms with Crippen molar-refractivity contribution in [2.24, 2.45) is 0 Å². The Morgan fingerprint density at radius 1 is 1.03 bits per heavy atom. The third-order valence-corrected chi connectivity index (χ3v) is 3.51. The van der Waals surface area contributed by atoms with Gasteiger partial charge in [0.1, 0.15) is 5.60 Å². The maximum Gasteiger partial charge on any atom is 0.408 e. The van der Waals surface area contributed by atoms with E-state index in [9.17, 15) is 26.7 Å². The lowest BCUT2D eigenvalue weighted by molar-refractivity contribution is -0.136. The van der Waals surface area contributed by atoms with Crippen LogP contribution in [0.5, 0.6) is 0 Å². The van der Waals surface area contributed by atoms with Crippen LogP contribution < -0.4 is 5.32 Å². The van der Waals surface area contributed by atoms with E-state index in [1.54, 1.807) is 51.0 Å². The predicted molar refractivity (Wildman–Crippen MR) is 120 cm³/mol. The molecule has 0 radical (unpaired) electrons. The molecule has 1 aromatic rings. The van der Waals surface area contributed by atoms with Crippen molar-refractivity contribution in [3.05, 3.63) is 35.9 Å². The van der Waals surface area contributed by atoms with Gasteiger partial charge in [0.05, 0.1) is 19.3 Å². The Kier molecular flexibility index (Phi) is 15.4. The third kappa shape index (κ3) is 18.9. The van der Waals surface area contributed by atoms with Crippen molar-refractivity contribution in [3.63, 3.8) is 0 Å². The SMILES string of the molecule is C.CC.CC(C)(C)OC(=O)NC(C#CC(F)(F)CCOCc1ccccc1)CCC(F)(F)F. The zero-order valence-corrected chi connectivity index (χ0v) is 19.1. The Morgan fingerprint density at radius 3 is 2.12 bits per heavy atom. The summed E-state index contributed by atoms with van der Waals surface area (Å²) in [7, 11) is 0. The van der Waals surface area contributed by atoms with Crippen LogP contribution in [0.25, 0.3) is 0 Å². The lowest BCUT2D eigenvalue weighted by atomic mass is 10.1. The summed E-state index contributed by atoms with van der Waals surface area (Å²) in [5, 5.41) is 2.11. The molecule has 1 unspecified atom stereocenters. The van der Waals surface area contributed by atoms with Crippen LogP contribution in [0.2, 0.25) is 0 Å². The van der Waals surface area contributed by atoms with Gasteiger partial charge in [0.2, 0.25) is 0 Å². The van der Waals surface area contributed by atoms with Crippen molar-refractivity contribution >= 4 is 6.09 Å². The van der Waals surface area contributed by atoms with E-state index >= 15 is 0 Å². The number of alkyl halides is 5. The van der Waals surface area contributed by atoms with Gasteiger partial charge >= 0.3 is 18.2 Å². The number of hydrogen-bond donors (Lipinski definition) is 1. The minimum Gasteiger partial charge on any atom is -0.444 e. The van der Waals surface area contributed by atoms with Crippen molar-refractivity contribution in [1.29, 1.82) is 0 Å². The molecule has 0 aromatic heterocycles. The second-order valence-corrected chi connectivity index (χ2v) is 7.61. The van der Waals surface area contributed by atoms with Crippen LogP contribution in [0, 0.1) is 11.8 Å². The molecule has 4 nitrogen and oxygen atoms in total. The van der Waals surface area contributed by atoms with Gasteiger partial charge in [-0.05, 0) is 38.7 Å². The highest BCUT2D eigenvalue weighted by Crippen LogP contribution is 2.23. The monoisotopic (exact) mass is 481 g/mol. The number of ether oxygens (including phenoxy) is 2. The predicted octanol–water partition coefficient (Wildman–Crippen LogP) is 7.13. The van der Waals surface area contributed by atoms with Crippen molar-refractivity contribution in [2.45, 2.75) is 91.7 Å². The summed E-state index contributed by atoms with van der Waals surface area (Å²) in [6, 6.07) is 7.53. The maximum absolute atomic E-state index is 14.0. The molecule has 0 heterocycles. The van der Waals surface area contributed by atoms with Crippen LogP contribution in [-0.2, 0) is 16.1 Å². The summed E-state index contributed by atoms with van der Waals surface area (Å²) in [4.78, 5) is 11.8. The van der Waals surface area contributed by atoms with Crippen molar-refractivity contribution in [2.75, 3.05) is 6.61 Å². The number of rotatable bonds is 8. The molecular weight excluding hydrogens is 445 g/mol. The van der Waals surface area contributed by atoms with Gasteiger partial charge in [-0.2, -0.15) is 22.0 Å². The lowest BCUT2D eigenvalue weighted by Crippen LogP contribution is -2.39. The van der Waals surface area contributed by atoms with Crippen molar-refractivity contribution in [1.82, 2.24) is 5.32 Å². The van der Waals surface area contributed by atoms with Crippen LogP contribution in [0.3, 0.4) is 0 Å². The maximum atomic E-state index is 14.0. The molecular formula is C24H36F5NO3. The summed E-state index contributed by atoms with van der Waals surface area (Å²) in [6.07, 6.45) is -8.22. The van der Waals surface area contributed by atoms with Crippen LogP contribution in [0.4, 0.5) is 26.7 Å². The van der Waals surface area contributed by atoms with Gasteiger partial charge < -0.3 is 14.8 Å². The van der Waals surface area contributed by atoms with Gasteiger partial charge in [-0.15, -0.1) is 0 Å². The Bertz CT molecular complexity index is 720. The second kappa shape index (κ2) is 15.5. The quantitative estimate of drug-likeness (QED) is 0.244. The highest BCUT2D eigenvalue weighted by Gasteiger charge is 2.30. The minimum absolute atomic E-state index is 0. The first kappa shape index (κ1) is 32.8. The van der Waals surface area contributed by atoms with Gasteiger partial charge in [0, 0.05) is 12.8 Å². The molecule has 1 rings (SSSR count). The highest BCUT2D eigenvalue weighted by atomic mass is 19.4. The van der Waals surface area contributed by atoms with Gasteiger partial charge in [0.15, 0.2) is 0 Å². The molecule has 0 fully saturated rings. The van der Waals surface area contributed by atoms with E-state index < -0.39 is 49.1 Å². The van der Waals surface area contributed by atoms with E-state index in [1.807, 2.05) is 25.8 Å². The lowest BCUT2D eigenvalue weighted by Gasteiger charge is -2.22. The van der Waals surface area contributed by atoms with Crippen LogP contribution in [0.1, 0.15) is 66.9 Å². The fourth-order valence-corrected chi connectivity index (χ4v) is 2.16. The normalized spacial score (nSPS) is 12.2. The summed E-state index contributed by atoms with van der Waals surface area (Å²) in [6.45, 7) is 8.55. The Morgan fingerprint density at radius 2 is 1.61 bits per heavy atom. The first-order valence-corrected chi connectivity index (χ1v) is 10.3. The summed E-state index contributed by atoms with van der Waals surface area (Å²) in [5.41, 5.74) is -0.0766. The first-order chi connectivity index (χ1) is 14.8. The number of amides is 1. The highest BCUT2D eigenvalue weighted by molar-refractivity contribution is 5.68. The Hall–Kier alpha value is -2.34. The summed E-state index contributed by atoms with van der Waals surface area (Å²) in [5.74, 6) is 0.218. The van der Waals surface area contributed by atoms with Crippen molar-refractivity contribution < 1.29 is 36.2 Å². The molecule has 0 bridgehead atoms. The van der Waals surface area contributed by atoms with Gasteiger partial charge in [-0.3, -0.25) is 0 Å². The van der Waals surface area contributed by atoms with Crippen LogP contribution in [-0.4, -0.2) is 36.4 Å². The fourth-order valence-electron chi connectivity index (χ4n) is 2.16. The first-order valence-electron chi connectivity index (χ1n) is 10.3. The van der Waals surface area contributed by atoms with Gasteiger partial charge in [-0.25, -0.2) is 4.79 Å². The van der Waals surface area contributed by atoms with E-state index in [2.05, 4.69) is 5.32 Å². The van der Waals surface area contributed by atoms with E-state index in [-0.39, 0.29) is 20.6 Å². The standard InChI is InChI=1S/C21H26F5NO3.C2H6.CH4/c1-19(2,3)30-18(28)27-17(10-12-21(24,25)26)9-11-20(22,23)13-14-29-15-16-7-5-4-6-8-16;1-2;/h4-8,17H,10,12-15H2,1-3H3,(H,27,28);1-2H3;1H4. The molecule has 9 heteroatoms. The minimum atomic E-state index is -4.51. The van der Waals surface area contributed by atoms with Gasteiger partial charge in [-0.1, -0.05) is 57.5 Å². The average Bonchev–Trinajstić information content (AvgIpc) is 2.68. The topological polar surface area (TPSA) is 47.6 Å². The molecule has 0 aliphatic heterocycles. The fraction of sp³-hybridized carbons (Fsp3) is 0.625. The molecule has 0 spiro atoms. The molecule has 0 aliphatic rings. The molecule has 1 aromatic carbocycles.